The number of H-pyrrole nitrogens is 1. The van der Waals surface area contributed by atoms with Crippen LogP contribution < -0.4 is 10.9 Å². The van der Waals surface area contributed by atoms with Crippen LogP contribution in [-0.4, -0.2) is 22.5 Å². The Morgan fingerprint density at radius 3 is 2.93 bits per heavy atom. The average Bonchev–Trinajstić information content (AvgIpc) is 2.11. The Labute approximate surface area is 84.7 Å². The highest BCUT2D eigenvalue weighted by atomic mass is 35.5. The van der Waals surface area contributed by atoms with Gasteiger partial charge in [-0.1, -0.05) is 11.6 Å². The normalized spacial score (nSPS) is 9.86. The van der Waals surface area contributed by atoms with Crippen LogP contribution in [0, 0.1) is 0 Å². The molecule has 5 nitrogen and oxygen atoms in total. The van der Waals surface area contributed by atoms with Crippen LogP contribution in [0.3, 0.4) is 0 Å². The van der Waals surface area contributed by atoms with E-state index in [1.807, 2.05) is 0 Å². The fraction of sp³-hybridized carbons (Fsp3) is 0.250. The van der Waals surface area contributed by atoms with E-state index in [2.05, 4.69) is 10.3 Å². The van der Waals surface area contributed by atoms with Crippen molar-refractivity contribution < 1.29 is 9.90 Å². The predicted molar refractivity (Wildman–Crippen MR) is 51.7 cm³/mol. The lowest BCUT2D eigenvalue weighted by molar-refractivity contribution is 0.0955. The molecule has 6 heteroatoms. The number of hydrogen-bond acceptors (Lipinski definition) is 3. The average molecular weight is 217 g/mol. The smallest absolute Gasteiger partial charge is 0.291 e. The number of aromatic amines is 1. The summed E-state index contributed by atoms with van der Waals surface area (Å²) in [6, 6.07) is 1.03. The molecule has 0 aliphatic carbocycles. The number of carbonyl (C=O) groups is 1. The van der Waals surface area contributed by atoms with Crippen molar-refractivity contribution in [2.75, 3.05) is 6.54 Å². The van der Waals surface area contributed by atoms with Gasteiger partial charge in [-0.2, -0.15) is 0 Å². The van der Waals surface area contributed by atoms with Gasteiger partial charge in [-0.15, -0.1) is 0 Å². The first-order valence-corrected chi connectivity index (χ1v) is 4.34. The number of carbonyl (C=O) groups excluding carboxylic acids is 1. The molecule has 0 aliphatic rings. The lowest BCUT2D eigenvalue weighted by atomic mass is 10.2. The van der Waals surface area contributed by atoms with Gasteiger partial charge in [0.2, 0.25) is 0 Å². The Morgan fingerprint density at radius 2 is 2.36 bits per heavy atom. The lowest BCUT2D eigenvalue weighted by Gasteiger charge is -2.03. The molecule has 0 radical (unpaired) electrons. The standard InChI is InChI=1S/C8H9ClN2O3/c1-2-10-7(13)4-3-5(12)8(14)11-6(4)9/h3,12H,2H2,1H3,(H,10,13)(H,11,14). The molecular formula is C8H9ClN2O3. The van der Waals surface area contributed by atoms with Crippen molar-refractivity contribution in [2.45, 2.75) is 6.92 Å². The number of pyridine rings is 1. The monoisotopic (exact) mass is 216 g/mol. The molecule has 1 rings (SSSR count). The number of aromatic hydroxyl groups is 1. The summed E-state index contributed by atoms with van der Waals surface area (Å²) >= 11 is 5.60. The number of aromatic nitrogens is 1. The van der Waals surface area contributed by atoms with E-state index in [1.54, 1.807) is 6.92 Å². The Kier molecular flexibility index (Phi) is 3.14. The zero-order valence-corrected chi connectivity index (χ0v) is 8.18. The van der Waals surface area contributed by atoms with Crippen LogP contribution in [0.15, 0.2) is 10.9 Å². The number of nitrogens with one attached hydrogen (secondary N) is 2. The van der Waals surface area contributed by atoms with Crippen LogP contribution in [0.25, 0.3) is 0 Å². The van der Waals surface area contributed by atoms with Crippen molar-refractivity contribution in [3.63, 3.8) is 0 Å². The fourth-order valence-corrected chi connectivity index (χ4v) is 1.14. The molecule has 1 aromatic rings. The largest absolute Gasteiger partial charge is 0.503 e. The van der Waals surface area contributed by atoms with Gasteiger partial charge in [0.1, 0.15) is 5.15 Å². The van der Waals surface area contributed by atoms with Crippen LogP contribution in [0.2, 0.25) is 5.15 Å². The van der Waals surface area contributed by atoms with Gasteiger partial charge in [-0.05, 0) is 6.92 Å². The third-order valence-corrected chi connectivity index (χ3v) is 1.85. The van der Waals surface area contributed by atoms with Crippen LogP contribution >= 0.6 is 11.6 Å². The summed E-state index contributed by atoms with van der Waals surface area (Å²) in [5, 5.41) is 11.5. The lowest BCUT2D eigenvalue weighted by Crippen LogP contribution is -2.24. The van der Waals surface area contributed by atoms with E-state index < -0.39 is 17.2 Å². The molecule has 14 heavy (non-hydrogen) atoms. The molecule has 0 aromatic carbocycles. The third kappa shape index (κ3) is 2.05. The van der Waals surface area contributed by atoms with Crippen LogP contribution in [-0.2, 0) is 0 Å². The second-order valence-corrected chi connectivity index (χ2v) is 2.95. The van der Waals surface area contributed by atoms with Gasteiger partial charge in [0.15, 0.2) is 5.75 Å². The molecule has 1 aromatic heterocycles. The summed E-state index contributed by atoms with van der Waals surface area (Å²) < 4.78 is 0. The summed E-state index contributed by atoms with van der Waals surface area (Å²) in [5.41, 5.74) is -0.673. The molecule has 0 spiro atoms. The maximum Gasteiger partial charge on any atom is 0.291 e. The van der Waals surface area contributed by atoms with Crippen molar-refractivity contribution in [2.24, 2.45) is 0 Å². The first-order valence-electron chi connectivity index (χ1n) is 3.96. The molecule has 0 aliphatic heterocycles. The molecule has 0 unspecified atom stereocenters. The number of halogens is 1. The van der Waals surface area contributed by atoms with E-state index in [-0.39, 0.29) is 10.7 Å². The van der Waals surface area contributed by atoms with Crippen LogP contribution in [0.4, 0.5) is 0 Å². The maximum absolute atomic E-state index is 11.3. The Morgan fingerprint density at radius 1 is 1.71 bits per heavy atom. The molecule has 0 saturated carbocycles. The van der Waals surface area contributed by atoms with Crippen molar-refractivity contribution in [1.29, 1.82) is 0 Å². The second kappa shape index (κ2) is 4.15. The van der Waals surface area contributed by atoms with Crippen molar-refractivity contribution >= 4 is 17.5 Å². The first kappa shape index (κ1) is 10.6. The van der Waals surface area contributed by atoms with Gasteiger partial charge < -0.3 is 15.4 Å². The van der Waals surface area contributed by atoms with E-state index in [0.717, 1.165) is 6.07 Å². The summed E-state index contributed by atoms with van der Waals surface area (Å²) in [6.45, 7) is 2.19. The number of hydrogen-bond donors (Lipinski definition) is 3. The molecule has 1 heterocycles. The van der Waals surface area contributed by atoms with Crippen molar-refractivity contribution in [1.82, 2.24) is 10.3 Å². The number of amides is 1. The van der Waals surface area contributed by atoms with Gasteiger partial charge in [-0.3, -0.25) is 9.59 Å². The quantitative estimate of drug-likeness (QED) is 0.629. The van der Waals surface area contributed by atoms with Gasteiger partial charge in [0.25, 0.3) is 11.5 Å². The molecule has 0 fully saturated rings. The molecule has 0 atom stereocenters. The van der Waals surface area contributed by atoms with Crippen LogP contribution in [0.5, 0.6) is 5.75 Å². The molecule has 76 valence electrons. The van der Waals surface area contributed by atoms with E-state index in [1.165, 1.54) is 0 Å². The van der Waals surface area contributed by atoms with Gasteiger partial charge >= 0.3 is 0 Å². The Hall–Kier alpha value is -1.49. The molecule has 3 N–H and O–H groups in total. The summed E-state index contributed by atoms with van der Waals surface area (Å²) in [6.07, 6.45) is 0. The minimum absolute atomic E-state index is 0.0469. The van der Waals surface area contributed by atoms with E-state index >= 15 is 0 Å². The summed E-state index contributed by atoms with van der Waals surface area (Å²) in [5.74, 6) is -0.972. The zero-order chi connectivity index (χ0) is 10.7. The number of rotatable bonds is 2. The minimum atomic E-state index is -0.719. The van der Waals surface area contributed by atoms with E-state index in [0.29, 0.717) is 6.54 Å². The van der Waals surface area contributed by atoms with E-state index in [4.69, 9.17) is 16.7 Å². The van der Waals surface area contributed by atoms with Gasteiger partial charge in [-0.25, -0.2) is 0 Å². The maximum atomic E-state index is 11.3. The first-order chi connectivity index (χ1) is 6.56. The minimum Gasteiger partial charge on any atom is -0.503 e. The highest BCUT2D eigenvalue weighted by Gasteiger charge is 2.12. The summed E-state index contributed by atoms with van der Waals surface area (Å²) in [4.78, 5) is 24.3. The Bertz CT molecular complexity index is 414. The van der Waals surface area contributed by atoms with Crippen molar-refractivity contribution in [3.05, 3.63) is 27.1 Å². The van der Waals surface area contributed by atoms with Crippen LogP contribution in [0.1, 0.15) is 17.3 Å². The Balaban J connectivity index is 3.16. The van der Waals surface area contributed by atoms with Crippen molar-refractivity contribution in [3.8, 4) is 5.75 Å². The molecular weight excluding hydrogens is 208 g/mol. The summed E-state index contributed by atoms with van der Waals surface area (Å²) in [7, 11) is 0. The third-order valence-electron chi connectivity index (χ3n) is 1.56. The zero-order valence-electron chi connectivity index (χ0n) is 7.43. The highest BCUT2D eigenvalue weighted by molar-refractivity contribution is 6.32. The van der Waals surface area contributed by atoms with Gasteiger partial charge in [0.05, 0.1) is 5.56 Å². The molecule has 0 bridgehead atoms. The highest BCUT2D eigenvalue weighted by Crippen LogP contribution is 2.14. The molecule has 0 saturated heterocycles. The topological polar surface area (TPSA) is 82.2 Å². The molecule has 1 amide bonds. The van der Waals surface area contributed by atoms with E-state index in [9.17, 15) is 9.59 Å². The predicted octanol–water partition coefficient (Wildman–Crippen LogP) is 0.484. The fourth-order valence-electron chi connectivity index (χ4n) is 0.918. The van der Waals surface area contributed by atoms with Gasteiger partial charge in [0, 0.05) is 12.6 Å². The SMILES string of the molecule is CCNC(=O)c1cc(O)c(=O)[nH]c1Cl. The second-order valence-electron chi connectivity index (χ2n) is 2.57.